The molecule has 19 heavy (non-hydrogen) atoms. The highest BCUT2D eigenvalue weighted by Crippen LogP contribution is 2.36. The van der Waals surface area contributed by atoms with E-state index in [1.54, 1.807) is 11.8 Å². The molecule has 5 heteroatoms. The molecule has 4 nitrogen and oxygen atoms in total. The van der Waals surface area contributed by atoms with Crippen LogP contribution < -0.4 is 21.5 Å². The van der Waals surface area contributed by atoms with Crippen LogP contribution in [0, 0.1) is 0 Å². The average Bonchev–Trinajstić information content (AvgIpc) is 2.93. The maximum Gasteiger partial charge on any atom is 0.119 e. The number of hydrogen-bond acceptors (Lipinski definition) is 5. The fourth-order valence-electron chi connectivity index (χ4n) is 1.83. The van der Waals surface area contributed by atoms with Gasteiger partial charge in [0.25, 0.3) is 0 Å². The lowest BCUT2D eigenvalue weighted by Crippen LogP contribution is -2.07. The maximum absolute atomic E-state index is 5.65. The van der Waals surface area contributed by atoms with Crippen molar-refractivity contribution in [3.63, 3.8) is 0 Å². The van der Waals surface area contributed by atoms with Crippen LogP contribution in [0.2, 0.25) is 0 Å². The summed E-state index contributed by atoms with van der Waals surface area (Å²) in [6, 6.07) is 8.22. The fraction of sp³-hybridized carbons (Fsp3) is 0.429. The van der Waals surface area contributed by atoms with Gasteiger partial charge >= 0.3 is 0 Å². The first-order chi connectivity index (χ1) is 9.33. The Balaban J connectivity index is 1.82. The Hall–Kier alpha value is -1.17. The van der Waals surface area contributed by atoms with Crippen molar-refractivity contribution in [2.24, 2.45) is 11.5 Å². The van der Waals surface area contributed by atoms with Crippen LogP contribution >= 0.6 is 11.8 Å². The van der Waals surface area contributed by atoms with E-state index in [2.05, 4.69) is 17.4 Å². The molecule has 0 radical (unpaired) electrons. The van der Waals surface area contributed by atoms with E-state index in [0.29, 0.717) is 6.54 Å². The van der Waals surface area contributed by atoms with Gasteiger partial charge in [-0.2, -0.15) is 0 Å². The number of ether oxygens (including phenoxy) is 1. The monoisotopic (exact) mass is 279 g/mol. The highest BCUT2D eigenvalue weighted by Gasteiger charge is 2.17. The number of rotatable bonds is 7. The third-order valence-electron chi connectivity index (χ3n) is 2.92. The summed E-state index contributed by atoms with van der Waals surface area (Å²) >= 11 is 1.76. The molecule has 1 heterocycles. The maximum atomic E-state index is 5.65. The van der Waals surface area contributed by atoms with E-state index in [0.717, 1.165) is 31.7 Å². The van der Waals surface area contributed by atoms with E-state index < -0.39 is 0 Å². The minimum Gasteiger partial charge on any atom is -0.494 e. The molecule has 1 aliphatic rings. The molecular formula is C14H21N3OS. The smallest absolute Gasteiger partial charge is 0.119 e. The lowest BCUT2D eigenvalue weighted by atomic mass is 10.2. The molecule has 0 aromatic heterocycles. The normalized spacial score (nSPS) is 18.0. The second kappa shape index (κ2) is 7.43. The van der Waals surface area contributed by atoms with Gasteiger partial charge in [-0.1, -0.05) is 23.9 Å². The third kappa shape index (κ3) is 4.16. The number of nitrogens with one attached hydrogen (secondary N) is 1. The fourth-order valence-corrected chi connectivity index (χ4v) is 2.80. The van der Waals surface area contributed by atoms with Crippen molar-refractivity contribution in [3.8, 4) is 5.75 Å². The van der Waals surface area contributed by atoms with Crippen LogP contribution in [-0.2, 0) is 0 Å². The molecule has 1 aromatic rings. The Labute approximate surface area is 118 Å². The van der Waals surface area contributed by atoms with Gasteiger partial charge in [0.05, 0.1) is 6.61 Å². The van der Waals surface area contributed by atoms with Crippen molar-refractivity contribution in [1.82, 2.24) is 5.32 Å². The van der Waals surface area contributed by atoms with E-state index >= 15 is 0 Å². The third-order valence-corrected chi connectivity index (χ3v) is 4.15. The Morgan fingerprint density at radius 2 is 1.95 bits per heavy atom. The standard InChI is InChI=1S/C14H21N3OS/c15-7-1-2-8-18-12-5-3-11(4-6-12)14-17-10-13(9-16)19-14/h3-6,10,14,17H,1-2,7-9,15-16H2. The molecule has 5 N–H and O–H groups in total. The zero-order valence-corrected chi connectivity index (χ0v) is 11.8. The summed E-state index contributed by atoms with van der Waals surface area (Å²) in [4.78, 5) is 1.19. The molecule has 2 rings (SSSR count). The number of thioether (sulfide) groups is 1. The van der Waals surface area contributed by atoms with Crippen molar-refractivity contribution in [2.75, 3.05) is 19.7 Å². The molecule has 1 aromatic carbocycles. The summed E-state index contributed by atoms with van der Waals surface area (Å²) in [6.45, 7) is 2.05. The van der Waals surface area contributed by atoms with Gasteiger partial charge in [-0.25, -0.2) is 0 Å². The Morgan fingerprint density at radius 1 is 1.16 bits per heavy atom. The van der Waals surface area contributed by atoms with Crippen LogP contribution in [0.4, 0.5) is 0 Å². The predicted molar refractivity (Wildman–Crippen MR) is 80.8 cm³/mol. The van der Waals surface area contributed by atoms with Gasteiger partial charge in [0, 0.05) is 17.6 Å². The SMILES string of the molecule is NCCCCOc1ccc(C2NC=C(CN)S2)cc1. The Morgan fingerprint density at radius 3 is 2.58 bits per heavy atom. The van der Waals surface area contributed by atoms with Crippen LogP contribution in [0.1, 0.15) is 23.8 Å². The molecule has 1 aliphatic heterocycles. The van der Waals surface area contributed by atoms with Crippen molar-refractivity contribution in [2.45, 2.75) is 18.2 Å². The average molecular weight is 279 g/mol. The lowest BCUT2D eigenvalue weighted by molar-refractivity contribution is 0.308. The quantitative estimate of drug-likeness (QED) is 0.665. The van der Waals surface area contributed by atoms with Crippen LogP contribution in [0.15, 0.2) is 35.4 Å². The Bertz CT molecular complexity index is 419. The molecule has 0 amide bonds. The van der Waals surface area contributed by atoms with Crippen molar-refractivity contribution in [3.05, 3.63) is 40.9 Å². The van der Waals surface area contributed by atoms with E-state index in [1.165, 1.54) is 10.5 Å². The van der Waals surface area contributed by atoms with Crippen molar-refractivity contribution < 1.29 is 4.74 Å². The number of hydrogen-bond donors (Lipinski definition) is 3. The predicted octanol–water partition coefficient (Wildman–Crippen LogP) is 1.94. The summed E-state index contributed by atoms with van der Waals surface area (Å²) in [7, 11) is 0. The van der Waals surface area contributed by atoms with E-state index in [-0.39, 0.29) is 5.37 Å². The number of unbranched alkanes of at least 4 members (excludes halogenated alkanes) is 1. The molecular weight excluding hydrogens is 258 g/mol. The molecule has 0 saturated carbocycles. The van der Waals surface area contributed by atoms with Gasteiger partial charge in [-0.15, -0.1) is 0 Å². The zero-order valence-electron chi connectivity index (χ0n) is 11.0. The van der Waals surface area contributed by atoms with Crippen molar-refractivity contribution >= 4 is 11.8 Å². The van der Waals surface area contributed by atoms with Gasteiger partial charge in [0.2, 0.25) is 0 Å². The second-order valence-corrected chi connectivity index (χ2v) is 5.62. The van der Waals surface area contributed by atoms with Crippen LogP contribution in [0.25, 0.3) is 0 Å². The summed E-state index contributed by atoms with van der Waals surface area (Å²) < 4.78 is 5.65. The first kappa shape index (κ1) is 14.2. The largest absolute Gasteiger partial charge is 0.494 e. The van der Waals surface area contributed by atoms with Crippen LogP contribution in [-0.4, -0.2) is 19.7 Å². The molecule has 104 valence electrons. The van der Waals surface area contributed by atoms with Crippen LogP contribution in [0.3, 0.4) is 0 Å². The minimum absolute atomic E-state index is 0.268. The molecule has 0 spiro atoms. The lowest BCUT2D eigenvalue weighted by Gasteiger charge is -2.12. The first-order valence-corrected chi connectivity index (χ1v) is 7.46. The van der Waals surface area contributed by atoms with E-state index in [1.807, 2.05) is 18.3 Å². The molecule has 0 bridgehead atoms. The molecule has 0 fully saturated rings. The summed E-state index contributed by atoms with van der Waals surface area (Å²) in [5.41, 5.74) is 12.3. The number of nitrogens with two attached hydrogens (primary N) is 2. The van der Waals surface area contributed by atoms with Gasteiger partial charge in [-0.3, -0.25) is 0 Å². The summed E-state index contributed by atoms with van der Waals surface area (Å²) in [6.07, 6.45) is 4.00. The van der Waals surface area contributed by atoms with E-state index in [4.69, 9.17) is 16.2 Å². The highest BCUT2D eigenvalue weighted by molar-refractivity contribution is 8.03. The van der Waals surface area contributed by atoms with Gasteiger partial charge in [0.15, 0.2) is 0 Å². The van der Waals surface area contributed by atoms with Gasteiger partial charge in [-0.05, 0) is 37.1 Å². The topological polar surface area (TPSA) is 73.3 Å². The summed E-state index contributed by atoms with van der Waals surface area (Å²) in [5, 5.41) is 3.59. The minimum atomic E-state index is 0.268. The highest BCUT2D eigenvalue weighted by atomic mass is 32.2. The molecule has 1 unspecified atom stereocenters. The zero-order chi connectivity index (χ0) is 13.5. The van der Waals surface area contributed by atoms with Crippen molar-refractivity contribution in [1.29, 1.82) is 0 Å². The van der Waals surface area contributed by atoms with E-state index in [9.17, 15) is 0 Å². The molecule has 0 saturated heterocycles. The van der Waals surface area contributed by atoms with Crippen LogP contribution in [0.5, 0.6) is 5.75 Å². The first-order valence-electron chi connectivity index (χ1n) is 6.58. The number of benzene rings is 1. The molecule has 1 atom stereocenters. The van der Waals surface area contributed by atoms with Gasteiger partial charge in [0.1, 0.15) is 11.1 Å². The second-order valence-electron chi connectivity index (χ2n) is 4.39. The summed E-state index contributed by atoms with van der Waals surface area (Å²) in [5.74, 6) is 0.913. The van der Waals surface area contributed by atoms with Gasteiger partial charge < -0.3 is 21.5 Å². The molecule has 0 aliphatic carbocycles. The Kier molecular flexibility index (Phi) is 5.57.